The van der Waals surface area contributed by atoms with Gasteiger partial charge in [-0.3, -0.25) is 4.79 Å². The lowest BCUT2D eigenvalue weighted by atomic mass is 9.64. The van der Waals surface area contributed by atoms with Crippen LogP contribution in [0.2, 0.25) is 5.02 Å². The fourth-order valence-corrected chi connectivity index (χ4v) is 4.52. The van der Waals surface area contributed by atoms with Gasteiger partial charge in [-0.1, -0.05) is 36.6 Å². The van der Waals surface area contributed by atoms with Gasteiger partial charge in [-0.15, -0.1) is 6.58 Å². The average Bonchev–Trinajstić information content (AvgIpc) is 3.21. The predicted molar refractivity (Wildman–Crippen MR) is 117 cm³/mol. The Hall–Kier alpha value is -1.30. The van der Waals surface area contributed by atoms with Crippen LogP contribution in [0.5, 0.6) is 0 Å². The molecule has 0 spiro atoms. The fraction of sp³-hybridized carbons (Fsp3) is 0.609. The molecule has 29 heavy (non-hydrogen) atoms. The number of halogens is 1. The van der Waals surface area contributed by atoms with E-state index in [1.807, 2.05) is 52.0 Å². The Kier molecular flexibility index (Phi) is 6.52. The minimum Gasteiger partial charge on any atom is -0.457 e. The summed E-state index contributed by atoms with van der Waals surface area (Å²) < 4.78 is 18.5. The Balaban J connectivity index is 1.97. The summed E-state index contributed by atoms with van der Waals surface area (Å²) in [5.41, 5.74) is 0.867. The molecule has 4 nitrogen and oxygen atoms in total. The second-order valence-electron chi connectivity index (χ2n) is 9.32. The van der Waals surface area contributed by atoms with Crippen molar-refractivity contribution in [3.05, 3.63) is 46.9 Å². The molecule has 1 aliphatic heterocycles. The molecular formula is C23H32BClO4. The molecule has 1 saturated heterocycles. The molecule has 0 unspecified atom stereocenters. The minimum atomic E-state index is -0.532. The van der Waals surface area contributed by atoms with E-state index in [2.05, 4.69) is 6.58 Å². The number of benzene rings is 1. The van der Waals surface area contributed by atoms with Gasteiger partial charge >= 0.3 is 13.1 Å². The van der Waals surface area contributed by atoms with Crippen LogP contribution in [0.15, 0.2) is 36.3 Å². The van der Waals surface area contributed by atoms with E-state index in [4.69, 9.17) is 25.6 Å². The maximum Gasteiger partial charge on any atom is 0.490 e. The Labute approximate surface area is 180 Å². The van der Waals surface area contributed by atoms with E-state index in [-0.39, 0.29) is 11.9 Å². The second-order valence-corrected chi connectivity index (χ2v) is 9.75. The summed E-state index contributed by atoms with van der Waals surface area (Å²) in [5, 5.41) is 0.650. The summed E-state index contributed by atoms with van der Waals surface area (Å²) in [7, 11) is -0.532. The van der Waals surface area contributed by atoms with Gasteiger partial charge in [-0.25, -0.2) is 0 Å². The summed E-state index contributed by atoms with van der Waals surface area (Å²) in [4.78, 5) is 12.0. The molecule has 2 fully saturated rings. The normalized spacial score (nSPS) is 23.0. The van der Waals surface area contributed by atoms with Crippen LogP contribution in [0.1, 0.15) is 72.0 Å². The maximum atomic E-state index is 12.0. The van der Waals surface area contributed by atoms with Gasteiger partial charge in [0.1, 0.15) is 6.10 Å². The second kappa shape index (κ2) is 8.45. The van der Waals surface area contributed by atoms with E-state index in [1.54, 1.807) is 0 Å². The van der Waals surface area contributed by atoms with Crippen LogP contribution in [0.4, 0.5) is 0 Å². The molecule has 1 aromatic rings. The highest BCUT2D eigenvalue weighted by atomic mass is 35.5. The minimum absolute atomic E-state index is 0.0859. The van der Waals surface area contributed by atoms with E-state index in [0.29, 0.717) is 10.9 Å². The Morgan fingerprint density at radius 3 is 2.14 bits per heavy atom. The quantitative estimate of drug-likeness (QED) is 0.424. The smallest absolute Gasteiger partial charge is 0.457 e. The third-order valence-electron chi connectivity index (χ3n) is 6.71. The lowest BCUT2D eigenvalue weighted by molar-refractivity contribution is -0.149. The maximum absolute atomic E-state index is 12.0. The van der Waals surface area contributed by atoms with Crippen molar-refractivity contribution in [2.45, 2.75) is 77.6 Å². The molecule has 0 aromatic heterocycles. The number of rotatable bonds is 6. The molecular weight excluding hydrogens is 387 g/mol. The molecule has 1 aromatic carbocycles. The van der Waals surface area contributed by atoms with Gasteiger partial charge in [0, 0.05) is 17.9 Å². The zero-order valence-electron chi connectivity index (χ0n) is 18.2. The van der Waals surface area contributed by atoms with Gasteiger partial charge in [-0.05, 0) is 69.6 Å². The highest BCUT2D eigenvalue weighted by Gasteiger charge is 2.54. The summed E-state index contributed by atoms with van der Waals surface area (Å²) in [6.45, 7) is 14.0. The van der Waals surface area contributed by atoms with Gasteiger partial charge in [0.2, 0.25) is 0 Å². The van der Waals surface area contributed by atoms with E-state index in [1.165, 1.54) is 19.8 Å². The molecule has 1 saturated carbocycles. The molecule has 3 rings (SSSR count). The van der Waals surface area contributed by atoms with Crippen LogP contribution in [0.25, 0.3) is 0 Å². The van der Waals surface area contributed by atoms with Gasteiger partial charge in [0.25, 0.3) is 0 Å². The first-order chi connectivity index (χ1) is 13.5. The standard InChI is InChI=1S/C23H32BClO4/c1-15(24-28-22(3,4)23(5,6)29-24)20(17-9-7-8-10-17)21(27-16(2)26)18-11-13-19(25)14-12-18/h11-14,17,20-21H,1,7-10H2,2-6H3/t20-,21-/m0/s1. The van der Waals surface area contributed by atoms with Crippen molar-refractivity contribution in [3.8, 4) is 0 Å². The van der Waals surface area contributed by atoms with Crippen molar-refractivity contribution in [2.75, 3.05) is 0 Å². The lowest BCUT2D eigenvalue weighted by Crippen LogP contribution is -2.41. The zero-order chi connectivity index (χ0) is 21.4. The first-order valence-electron chi connectivity index (χ1n) is 10.5. The number of hydrogen-bond donors (Lipinski definition) is 0. The molecule has 0 bridgehead atoms. The van der Waals surface area contributed by atoms with Gasteiger partial charge in [-0.2, -0.15) is 0 Å². The molecule has 0 N–H and O–H groups in total. The summed E-state index contributed by atoms with van der Waals surface area (Å²) in [6.07, 6.45) is 4.05. The Morgan fingerprint density at radius 2 is 1.66 bits per heavy atom. The number of hydrogen-bond acceptors (Lipinski definition) is 4. The van der Waals surface area contributed by atoms with Gasteiger partial charge in [0.05, 0.1) is 11.2 Å². The monoisotopic (exact) mass is 418 g/mol. The van der Waals surface area contributed by atoms with Crippen molar-refractivity contribution in [2.24, 2.45) is 11.8 Å². The third kappa shape index (κ3) is 4.73. The van der Waals surface area contributed by atoms with Crippen LogP contribution in [-0.2, 0) is 18.8 Å². The highest BCUT2D eigenvalue weighted by molar-refractivity contribution is 6.54. The molecule has 1 aliphatic carbocycles. The third-order valence-corrected chi connectivity index (χ3v) is 6.96. The van der Waals surface area contributed by atoms with E-state index in [9.17, 15) is 4.79 Å². The first kappa shape index (κ1) is 22.4. The first-order valence-corrected chi connectivity index (χ1v) is 10.9. The fourth-order valence-electron chi connectivity index (χ4n) is 4.39. The van der Waals surface area contributed by atoms with Crippen LogP contribution in [-0.4, -0.2) is 24.3 Å². The topological polar surface area (TPSA) is 44.8 Å². The van der Waals surface area contributed by atoms with Gasteiger partial charge < -0.3 is 14.0 Å². The number of esters is 1. The Morgan fingerprint density at radius 1 is 1.14 bits per heavy atom. The zero-order valence-corrected chi connectivity index (χ0v) is 18.9. The average molecular weight is 419 g/mol. The molecule has 158 valence electrons. The van der Waals surface area contributed by atoms with Crippen molar-refractivity contribution in [3.63, 3.8) is 0 Å². The number of carbonyl (C=O) groups is 1. The van der Waals surface area contributed by atoms with E-state index < -0.39 is 24.4 Å². The number of ether oxygens (including phenoxy) is 1. The number of carbonyl (C=O) groups excluding carboxylic acids is 1. The highest BCUT2D eigenvalue weighted by Crippen LogP contribution is 2.47. The van der Waals surface area contributed by atoms with Gasteiger partial charge in [0.15, 0.2) is 0 Å². The molecule has 1 heterocycles. The van der Waals surface area contributed by atoms with E-state index >= 15 is 0 Å². The predicted octanol–water partition coefficient (Wildman–Crippen LogP) is 5.94. The van der Waals surface area contributed by atoms with Crippen LogP contribution >= 0.6 is 11.6 Å². The summed E-state index contributed by atoms with van der Waals surface area (Å²) in [6, 6.07) is 7.51. The molecule has 0 radical (unpaired) electrons. The summed E-state index contributed by atoms with van der Waals surface area (Å²) in [5.74, 6) is -0.0338. The molecule has 6 heteroatoms. The van der Waals surface area contributed by atoms with E-state index in [0.717, 1.165) is 23.9 Å². The van der Waals surface area contributed by atoms with Crippen molar-refractivity contribution >= 4 is 24.7 Å². The largest absolute Gasteiger partial charge is 0.490 e. The lowest BCUT2D eigenvalue weighted by Gasteiger charge is -2.34. The molecule has 0 amide bonds. The summed E-state index contributed by atoms with van der Waals surface area (Å²) >= 11 is 6.09. The van der Waals surface area contributed by atoms with Crippen molar-refractivity contribution in [1.82, 2.24) is 0 Å². The van der Waals surface area contributed by atoms with Crippen LogP contribution < -0.4 is 0 Å². The molecule has 2 aliphatic rings. The van der Waals surface area contributed by atoms with Crippen molar-refractivity contribution in [1.29, 1.82) is 0 Å². The van der Waals surface area contributed by atoms with Crippen molar-refractivity contribution < 1.29 is 18.8 Å². The Bertz CT molecular complexity index is 737. The van der Waals surface area contributed by atoms with Crippen LogP contribution in [0.3, 0.4) is 0 Å². The molecule has 2 atom stereocenters. The van der Waals surface area contributed by atoms with Crippen LogP contribution in [0, 0.1) is 11.8 Å². The SMILES string of the molecule is C=C(B1OC(C)(C)C(C)(C)O1)[C@@H](C1CCCC1)[C@@H](OC(C)=O)c1ccc(Cl)cc1.